The van der Waals surface area contributed by atoms with Crippen LogP contribution < -0.4 is 5.32 Å². The molecule has 4 nitrogen and oxygen atoms in total. The van der Waals surface area contributed by atoms with Crippen LogP contribution in [0.4, 0.5) is 5.69 Å². The highest BCUT2D eigenvalue weighted by atomic mass is 32.2. The third-order valence-corrected chi connectivity index (χ3v) is 3.74. The predicted molar refractivity (Wildman–Crippen MR) is 48.6 cm³/mol. The molecule has 5 heteroatoms. The van der Waals surface area contributed by atoms with Crippen LogP contribution in [0.25, 0.3) is 0 Å². The molecule has 0 bridgehead atoms. The number of anilines is 1. The Morgan fingerprint density at radius 3 is 2.92 bits per heavy atom. The number of phenols is 1. The molecule has 0 radical (unpaired) electrons. The van der Waals surface area contributed by atoms with Gasteiger partial charge in [0.15, 0.2) is 9.84 Å². The van der Waals surface area contributed by atoms with E-state index in [-0.39, 0.29) is 16.4 Å². The van der Waals surface area contributed by atoms with Crippen molar-refractivity contribution < 1.29 is 13.5 Å². The Balaban J connectivity index is 2.68. The van der Waals surface area contributed by atoms with E-state index in [1.807, 2.05) is 0 Å². The normalized spacial score (nSPS) is 18.8. The molecule has 0 saturated carbocycles. The number of hydrogen-bond acceptors (Lipinski definition) is 4. The largest absolute Gasteiger partial charge is 0.508 e. The second-order valence-electron chi connectivity index (χ2n) is 2.93. The molecule has 0 saturated heterocycles. The lowest BCUT2D eigenvalue weighted by atomic mass is 10.3. The van der Waals surface area contributed by atoms with Gasteiger partial charge in [0.2, 0.25) is 0 Å². The first-order valence-corrected chi connectivity index (χ1v) is 5.54. The highest BCUT2D eigenvalue weighted by Gasteiger charge is 2.23. The maximum Gasteiger partial charge on any atom is 0.182 e. The summed E-state index contributed by atoms with van der Waals surface area (Å²) in [5.74, 6) is 0.0646. The molecule has 1 aromatic carbocycles. The van der Waals surface area contributed by atoms with E-state index in [1.165, 1.54) is 12.1 Å². The van der Waals surface area contributed by atoms with Crippen LogP contribution in [0.3, 0.4) is 0 Å². The van der Waals surface area contributed by atoms with E-state index in [2.05, 4.69) is 5.32 Å². The van der Waals surface area contributed by atoms with Crippen LogP contribution in [0, 0.1) is 0 Å². The smallest absolute Gasteiger partial charge is 0.182 e. The molecule has 0 atom stereocenters. The summed E-state index contributed by atoms with van der Waals surface area (Å²) < 4.78 is 22.9. The van der Waals surface area contributed by atoms with Crippen molar-refractivity contribution in [1.82, 2.24) is 0 Å². The first-order valence-electron chi connectivity index (χ1n) is 3.89. The van der Waals surface area contributed by atoms with Gasteiger partial charge in [0.25, 0.3) is 0 Å². The summed E-state index contributed by atoms with van der Waals surface area (Å²) in [5, 5.41) is 12.1. The standard InChI is InChI=1S/C8H9NO3S/c10-6-1-2-7-8(5-6)13(11,12)4-3-9-7/h1-2,5,9-10H,3-4H2. The van der Waals surface area contributed by atoms with Crippen molar-refractivity contribution in [2.24, 2.45) is 0 Å². The average Bonchev–Trinajstić information content (AvgIpc) is 2.06. The molecule has 0 aromatic heterocycles. The fourth-order valence-corrected chi connectivity index (χ4v) is 2.71. The fraction of sp³-hybridized carbons (Fsp3) is 0.250. The highest BCUT2D eigenvalue weighted by Crippen LogP contribution is 2.29. The van der Waals surface area contributed by atoms with E-state index in [9.17, 15) is 8.42 Å². The molecule has 0 fully saturated rings. The van der Waals surface area contributed by atoms with Gasteiger partial charge in [-0.15, -0.1) is 0 Å². The summed E-state index contributed by atoms with van der Waals surface area (Å²) >= 11 is 0. The second-order valence-corrected chi connectivity index (χ2v) is 5.00. The second kappa shape index (κ2) is 2.63. The molecule has 1 heterocycles. The van der Waals surface area contributed by atoms with E-state index >= 15 is 0 Å². The van der Waals surface area contributed by atoms with Gasteiger partial charge in [0.1, 0.15) is 5.75 Å². The zero-order valence-electron chi connectivity index (χ0n) is 6.82. The lowest BCUT2D eigenvalue weighted by Crippen LogP contribution is -2.22. The van der Waals surface area contributed by atoms with Crippen molar-refractivity contribution in [3.63, 3.8) is 0 Å². The van der Waals surface area contributed by atoms with Crippen LogP contribution in [0.1, 0.15) is 0 Å². The zero-order valence-corrected chi connectivity index (χ0v) is 7.63. The molecule has 13 heavy (non-hydrogen) atoms. The monoisotopic (exact) mass is 199 g/mol. The number of sulfone groups is 1. The number of aromatic hydroxyl groups is 1. The van der Waals surface area contributed by atoms with Gasteiger partial charge >= 0.3 is 0 Å². The molecular formula is C8H9NO3S. The van der Waals surface area contributed by atoms with Crippen molar-refractivity contribution in [3.8, 4) is 5.75 Å². The summed E-state index contributed by atoms with van der Waals surface area (Å²) in [7, 11) is -3.19. The van der Waals surface area contributed by atoms with Crippen molar-refractivity contribution in [2.45, 2.75) is 4.90 Å². The Labute approximate surface area is 76.1 Å². The van der Waals surface area contributed by atoms with Gasteiger partial charge in [-0.3, -0.25) is 0 Å². The average molecular weight is 199 g/mol. The molecule has 2 N–H and O–H groups in total. The molecule has 1 aliphatic rings. The van der Waals surface area contributed by atoms with E-state index in [0.717, 1.165) is 0 Å². The van der Waals surface area contributed by atoms with E-state index in [0.29, 0.717) is 12.2 Å². The number of benzene rings is 1. The van der Waals surface area contributed by atoms with E-state index < -0.39 is 9.84 Å². The van der Waals surface area contributed by atoms with Crippen LogP contribution >= 0.6 is 0 Å². The topological polar surface area (TPSA) is 66.4 Å². The van der Waals surface area contributed by atoms with Crippen LogP contribution in [-0.2, 0) is 9.84 Å². The number of nitrogens with one attached hydrogen (secondary N) is 1. The van der Waals surface area contributed by atoms with Crippen LogP contribution in [0.5, 0.6) is 5.75 Å². The van der Waals surface area contributed by atoms with Gasteiger partial charge in [-0.1, -0.05) is 0 Å². The highest BCUT2D eigenvalue weighted by molar-refractivity contribution is 7.91. The molecule has 0 aliphatic carbocycles. The van der Waals surface area contributed by atoms with E-state index in [1.54, 1.807) is 6.07 Å². The maximum atomic E-state index is 11.5. The van der Waals surface area contributed by atoms with Crippen LogP contribution in [-0.4, -0.2) is 25.8 Å². The molecule has 70 valence electrons. The van der Waals surface area contributed by atoms with Gasteiger partial charge in [-0.25, -0.2) is 8.42 Å². The van der Waals surface area contributed by atoms with Gasteiger partial charge in [-0.05, 0) is 12.1 Å². The minimum Gasteiger partial charge on any atom is -0.508 e. The first kappa shape index (κ1) is 8.37. The van der Waals surface area contributed by atoms with Gasteiger partial charge in [0.05, 0.1) is 16.3 Å². The Hall–Kier alpha value is -1.23. The molecular weight excluding hydrogens is 190 g/mol. The SMILES string of the molecule is O=S1(=O)CCNc2ccc(O)cc21. The minimum atomic E-state index is -3.19. The van der Waals surface area contributed by atoms with Gasteiger partial charge < -0.3 is 10.4 Å². The van der Waals surface area contributed by atoms with Crippen molar-refractivity contribution in [3.05, 3.63) is 18.2 Å². The Kier molecular flexibility index (Phi) is 1.69. The zero-order chi connectivity index (χ0) is 9.47. The molecule has 1 aromatic rings. The van der Waals surface area contributed by atoms with Crippen LogP contribution in [0.2, 0.25) is 0 Å². The maximum absolute atomic E-state index is 11.5. The first-order chi connectivity index (χ1) is 6.09. The van der Waals surface area contributed by atoms with Crippen molar-refractivity contribution in [1.29, 1.82) is 0 Å². The number of hydrogen-bond donors (Lipinski definition) is 2. The summed E-state index contributed by atoms with van der Waals surface area (Å²) in [6, 6.07) is 4.31. The molecule has 0 amide bonds. The molecule has 0 spiro atoms. The third-order valence-electron chi connectivity index (χ3n) is 1.99. The molecule has 0 unspecified atom stereocenters. The van der Waals surface area contributed by atoms with Crippen molar-refractivity contribution in [2.75, 3.05) is 17.6 Å². The number of phenolic OH excluding ortho intramolecular Hbond substituents is 1. The van der Waals surface area contributed by atoms with Gasteiger partial charge in [0, 0.05) is 12.6 Å². The van der Waals surface area contributed by atoms with Crippen molar-refractivity contribution >= 4 is 15.5 Å². The lowest BCUT2D eigenvalue weighted by Gasteiger charge is -2.17. The van der Waals surface area contributed by atoms with Gasteiger partial charge in [-0.2, -0.15) is 0 Å². The Bertz CT molecular complexity index is 439. The lowest BCUT2D eigenvalue weighted by molar-refractivity contribution is 0.473. The van der Waals surface area contributed by atoms with E-state index in [4.69, 9.17) is 5.11 Å². The Morgan fingerprint density at radius 2 is 2.15 bits per heavy atom. The number of fused-ring (bicyclic) bond motifs is 1. The summed E-state index contributed by atoms with van der Waals surface area (Å²) in [6.45, 7) is 0.431. The van der Waals surface area contributed by atoms with Crippen LogP contribution in [0.15, 0.2) is 23.1 Å². The number of rotatable bonds is 0. The quantitative estimate of drug-likeness (QED) is 0.600. The molecule has 2 rings (SSSR count). The molecule has 1 aliphatic heterocycles. The fourth-order valence-electron chi connectivity index (χ4n) is 1.34. The third kappa shape index (κ3) is 1.35. The minimum absolute atomic E-state index is 0.0222. The predicted octanol–water partition coefficient (Wildman–Crippen LogP) is 0.591. The summed E-state index contributed by atoms with van der Waals surface area (Å²) in [6.07, 6.45) is 0. The summed E-state index contributed by atoms with van der Waals surface area (Å²) in [5.41, 5.74) is 0.573. The Morgan fingerprint density at radius 1 is 1.38 bits per heavy atom. The summed E-state index contributed by atoms with van der Waals surface area (Å²) in [4.78, 5) is 0.193.